The molecular weight excluding hydrogens is 362 g/mol. The van der Waals surface area contributed by atoms with Crippen molar-refractivity contribution in [1.82, 2.24) is 9.96 Å². The molecule has 4 unspecified atom stereocenters. The zero-order valence-corrected chi connectivity index (χ0v) is 15.4. The van der Waals surface area contributed by atoms with Crippen LogP contribution < -0.4 is 5.73 Å². The van der Waals surface area contributed by atoms with E-state index in [-0.39, 0.29) is 24.8 Å². The Labute approximate surface area is 161 Å². The molecule has 2 N–H and O–H groups in total. The molecule has 2 saturated heterocycles. The van der Waals surface area contributed by atoms with Crippen LogP contribution in [0.3, 0.4) is 0 Å². The van der Waals surface area contributed by atoms with Crippen LogP contribution in [-0.2, 0) is 19.2 Å². The highest BCUT2D eigenvalue weighted by molar-refractivity contribution is 6.07. The molecule has 8 nitrogen and oxygen atoms in total. The Bertz CT molecular complexity index is 883. The van der Waals surface area contributed by atoms with Gasteiger partial charge in [-0.25, -0.2) is 0 Å². The Morgan fingerprint density at radius 1 is 1.14 bits per heavy atom. The summed E-state index contributed by atoms with van der Waals surface area (Å²) in [6.07, 6.45) is 0.602. The fraction of sp³-hybridized carbons (Fsp3) is 0.350. The van der Waals surface area contributed by atoms with Crippen molar-refractivity contribution in [2.24, 2.45) is 11.7 Å². The Hall–Kier alpha value is -2.97. The van der Waals surface area contributed by atoms with Gasteiger partial charge in [-0.1, -0.05) is 30.3 Å². The second kappa shape index (κ2) is 7.21. The van der Waals surface area contributed by atoms with E-state index in [4.69, 9.17) is 15.0 Å². The molecule has 0 radical (unpaired) electrons. The van der Waals surface area contributed by atoms with E-state index in [0.29, 0.717) is 5.76 Å². The number of hydroxylamine groups is 2. The molecule has 28 heavy (non-hydrogen) atoms. The molecule has 1 aromatic carbocycles. The summed E-state index contributed by atoms with van der Waals surface area (Å²) in [6, 6.07) is 11.8. The van der Waals surface area contributed by atoms with E-state index in [2.05, 4.69) is 0 Å². The zero-order valence-electron chi connectivity index (χ0n) is 15.4. The molecule has 2 aromatic rings. The topological polar surface area (TPSA) is 106 Å². The van der Waals surface area contributed by atoms with Crippen LogP contribution in [0.4, 0.5) is 0 Å². The monoisotopic (exact) mass is 383 g/mol. The molecule has 2 fully saturated rings. The molecule has 8 heteroatoms. The second-order valence-electron chi connectivity index (χ2n) is 7.00. The lowest BCUT2D eigenvalue weighted by Crippen LogP contribution is -2.39. The number of nitrogens with two attached hydrogens (primary N) is 1. The maximum absolute atomic E-state index is 13.3. The number of furan rings is 1. The molecule has 4 rings (SSSR count). The first-order chi connectivity index (χ1) is 13.5. The molecular formula is C20H21N3O5. The number of rotatable bonds is 6. The lowest BCUT2D eigenvalue weighted by atomic mass is 9.94. The van der Waals surface area contributed by atoms with Gasteiger partial charge in [-0.05, 0) is 24.6 Å². The Kier molecular flexibility index (Phi) is 4.74. The summed E-state index contributed by atoms with van der Waals surface area (Å²) in [7, 11) is 0. The van der Waals surface area contributed by atoms with Gasteiger partial charge in [0.15, 0.2) is 6.10 Å². The zero-order chi connectivity index (χ0) is 19.8. The van der Waals surface area contributed by atoms with Crippen LogP contribution in [0.2, 0.25) is 0 Å². The molecule has 2 aliphatic rings. The fourth-order valence-corrected chi connectivity index (χ4v) is 3.94. The van der Waals surface area contributed by atoms with Crippen molar-refractivity contribution in [3.63, 3.8) is 0 Å². The summed E-state index contributed by atoms with van der Waals surface area (Å²) in [6.45, 7) is 1.99. The van der Waals surface area contributed by atoms with Gasteiger partial charge in [-0.3, -0.25) is 24.1 Å². The number of hydrogen-bond donors (Lipinski definition) is 1. The van der Waals surface area contributed by atoms with Crippen LogP contribution in [0, 0.1) is 5.92 Å². The molecule has 0 saturated carbocycles. The third-order valence-corrected chi connectivity index (χ3v) is 5.31. The van der Waals surface area contributed by atoms with E-state index in [0.717, 1.165) is 5.56 Å². The van der Waals surface area contributed by atoms with Gasteiger partial charge >= 0.3 is 0 Å². The predicted molar refractivity (Wildman–Crippen MR) is 97.0 cm³/mol. The average molecular weight is 383 g/mol. The smallest absolute Gasteiger partial charge is 0.261 e. The Balaban J connectivity index is 1.64. The maximum atomic E-state index is 13.3. The van der Waals surface area contributed by atoms with Crippen LogP contribution in [0.25, 0.3) is 0 Å². The van der Waals surface area contributed by atoms with Crippen molar-refractivity contribution >= 4 is 17.7 Å². The van der Waals surface area contributed by atoms with Gasteiger partial charge in [0.25, 0.3) is 5.91 Å². The van der Waals surface area contributed by atoms with Gasteiger partial charge in [0.05, 0.1) is 12.3 Å². The number of carbonyl (C=O) groups is 3. The molecule has 0 spiro atoms. The number of fused-ring (bicyclic) bond motifs is 1. The highest BCUT2D eigenvalue weighted by Gasteiger charge is 2.61. The number of likely N-dealkylation sites (tertiary alicyclic amines) is 1. The number of amides is 3. The summed E-state index contributed by atoms with van der Waals surface area (Å²) < 4.78 is 5.51. The van der Waals surface area contributed by atoms with Gasteiger partial charge in [0.1, 0.15) is 17.7 Å². The minimum Gasteiger partial charge on any atom is -0.468 e. The van der Waals surface area contributed by atoms with Gasteiger partial charge in [-0.15, -0.1) is 0 Å². The van der Waals surface area contributed by atoms with E-state index in [1.54, 1.807) is 12.1 Å². The summed E-state index contributed by atoms with van der Waals surface area (Å²) in [5.41, 5.74) is 6.11. The van der Waals surface area contributed by atoms with Crippen LogP contribution >= 0.6 is 0 Å². The van der Waals surface area contributed by atoms with E-state index < -0.39 is 30.0 Å². The summed E-state index contributed by atoms with van der Waals surface area (Å²) >= 11 is 0. The minimum atomic E-state index is -0.943. The highest BCUT2D eigenvalue weighted by atomic mass is 16.7. The third kappa shape index (κ3) is 3.00. The summed E-state index contributed by atoms with van der Waals surface area (Å²) in [5.74, 6) is -1.42. The first-order valence-electron chi connectivity index (χ1n) is 9.16. The summed E-state index contributed by atoms with van der Waals surface area (Å²) in [4.78, 5) is 44.6. The molecule has 2 aliphatic heterocycles. The number of benzene rings is 1. The lowest BCUT2D eigenvalue weighted by Gasteiger charge is -2.28. The van der Waals surface area contributed by atoms with E-state index in [9.17, 15) is 14.4 Å². The standard InChI is InChI=1S/C20H21N3O5/c1-12(13-6-3-2-4-7-13)23-19(25)16-17(14-8-5-11-27-14)22(10-9-15(21)24)28-18(16)20(23)26/h2-8,11-12,16-18H,9-10H2,1H3,(H2,21,24). The van der Waals surface area contributed by atoms with Crippen molar-refractivity contribution in [1.29, 1.82) is 0 Å². The largest absolute Gasteiger partial charge is 0.468 e. The van der Waals surface area contributed by atoms with Crippen LogP contribution in [0.1, 0.15) is 36.8 Å². The van der Waals surface area contributed by atoms with Crippen LogP contribution in [0.5, 0.6) is 0 Å². The normalized spacial score (nSPS) is 25.9. The quantitative estimate of drug-likeness (QED) is 0.759. The number of imide groups is 1. The number of nitrogens with zero attached hydrogens (tertiary/aromatic N) is 2. The minimum absolute atomic E-state index is 0.0448. The number of primary amides is 1. The maximum Gasteiger partial charge on any atom is 0.261 e. The molecule has 0 aliphatic carbocycles. The van der Waals surface area contributed by atoms with Crippen molar-refractivity contribution in [3.8, 4) is 0 Å². The highest BCUT2D eigenvalue weighted by Crippen LogP contribution is 2.46. The fourth-order valence-electron chi connectivity index (χ4n) is 3.94. The lowest BCUT2D eigenvalue weighted by molar-refractivity contribution is -0.182. The molecule has 1 aromatic heterocycles. The molecule has 3 heterocycles. The van der Waals surface area contributed by atoms with Crippen LogP contribution in [0.15, 0.2) is 53.1 Å². The number of carbonyl (C=O) groups excluding carboxylic acids is 3. The Morgan fingerprint density at radius 2 is 1.89 bits per heavy atom. The second-order valence-corrected chi connectivity index (χ2v) is 7.00. The van der Waals surface area contributed by atoms with Crippen molar-refractivity contribution in [3.05, 3.63) is 60.1 Å². The molecule has 146 valence electrons. The number of hydrogen-bond acceptors (Lipinski definition) is 6. The Morgan fingerprint density at radius 3 is 2.54 bits per heavy atom. The molecule has 0 bridgehead atoms. The van der Waals surface area contributed by atoms with Crippen molar-refractivity contribution in [2.45, 2.75) is 31.5 Å². The predicted octanol–water partition coefficient (Wildman–Crippen LogP) is 1.56. The first kappa shape index (κ1) is 18.4. The van der Waals surface area contributed by atoms with Crippen molar-refractivity contribution in [2.75, 3.05) is 6.54 Å². The molecule has 4 atom stereocenters. The van der Waals surface area contributed by atoms with Gasteiger partial charge in [0, 0.05) is 13.0 Å². The van der Waals surface area contributed by atoms with Crippen molar-refractivity contribution < 1.29 is 23.6 Å². The van der Waals surface area contributed by atoms with Crippen LogP contribution in [-0.4, -0.2) is 40.3 Å². The summed E-state index contributed by atoms with van der Waals surface area (Å²) in [5, 5.41) is 1.47. The molecule has 3 amide bonds. The van der Waals surface area contributed by atoms with Gasteiger partial charge in [-0.2, -0.15) is 5.06 Å². The van der Waals surface area contributed by atoms with E-state index in [1.165, 1.54) is 16.2 Å². The average Bonchev–Trinajstić information content (AvgIpc) is 3.38. The van der Waals surface area contributed by atoms with E-state index >= 15 is 0 Å². The first-order valence-corrected chi connectivity index (χ1v) is 9.16. The third-order valence-electron chi connectivity index (χ3n) is 5.31. The van der Waals surface area contributed by atoms with E-state index in [1.807, 2.05) is 37.3 Å². The SMILES string of the molecule is CC(c1ccccc1)N1C(=O)C2ON(CCC(N)=O)C(c3ccco3)C2C1=O. The van der Waals surface area contributed by atoms with Gasteiger partial charge < -0.3 is 10.2 Å². The van der Waals surface area contributed by atoms with Gasteiger partial charge in [0.2, 0.25) is 11.8 Å².